The van der Waals surface area contributed by atoms with E-state index in [1.54, 1.807) is 18.5 Å². The highest BCUT2D eigenvalue weighted by molar-refractivity contribution is 7.80. The number of allylic oxidation sites excluding steroid dienone is 1. The van der Waals surface area contributed by atoms with Crippen LogP contribution in [0.25, 0.3) is 0 Å². The summed E-state index contributed by atoms with van der Waals surface area (Å²) in [7, 11) is 0. The number of nitrogens with two attached hydrogens (primary N) is 1. The molecular formula is C13H16N6S. The van der Waals surface area contributed by atoms with Gasteiger partial charge in [0.25, 0.3) is 0 Å². The summed E-state index contributed by atoms with van der Waals surface area (Å²) in [4.78, 5) is 12.9. The van der Waals surface area contributed by atoms with Gasteiger partial charge in [0.1, 0.15) is 16.6 Å². The van der Waals surface area contributed by atoms with Crippen LogP contribution in [0, 0.1) is 11.3 Å². The summed E-state index contributed by atoms with van der Waals surface area (Å²) in [6.07, 6.45) is 3.47. The molecule has 2 heterocycles. The molecule has 0 aromatic carbocycles. The third-order valence-corrected chi connectivity index (χ3v) is 3.51. The van der Waals surface area contributed by atoms with E-state index < -0.39 is 0 Å². The average Bonchev–Trinajstić information content (AvgIpc) is 2.48. The Morgan fingerprint density at radius 3 is 2.40 bits per heavy atom. The van der Waals surface area contributed by atoms with Crippen LogP contribution >= 0.6 is 12.2 Å². The summed E-state index contributed by atoms with van der Waals surface area (Å²) in [6, 6.07) is 3.87. The number of hydrogen-bond acceptors (Lipinski definition) is 6. The zero-order valence-electron chi connectivity index (χ0n) is 11.3. The smallest absolute Gasteiger partial charge is 0.225 e. The van der Waals surface area contributed by atoms with E-state index >= 15 is 0 Å². The molecule has 1 saturated heterocycles. The Labute approximate surface area is 123 Å². The molecule has 0 radical (unpaired) electrons. The zero-order chi connectivity index (χ0) is 14.5. The van der Waals surface area contributed by atoms with E-state index in [0.717, 1.165) is 37.8 Å². The van der Waals surface area contributed by atoms with Gasteiger partial charge in [-0.1, -0.05) is 12.2 Å². The predicted octanol–water partition coefficient (Wildman–Crippen LogP) is 0.682. The van der Waals surface area contributed by atoms with Crippen LogP contribution in [0.2, 0.25) is 0 Å². The van der Waals surface area contributed by atoms with Gasteiger partial charge in [0.2, 0.25) is 5.95 Å². The normalized spacial score (nSPS) is 16.4. The van der Waals surface area contributed by atoms with Crippen molar-refractivity contribution in [1.82, 2.24) is 14.9 Å². The molecule has 2 N–H and O–H groups in total. The first kappa shape index (κ1) is 14.2. The number of nitrogens with zero attached hydrogens (tertiary/aromatic N) is 5. The van der Waals surface area contributed by atoms with E-state index in [-0.39, 0.29) is 4.99 Å². The van der Waals surface area contributed by atoms with Crippen LogP contribution in [0.3, 0.4) is 0 Å². The monoisotopic (exact) mass is 288 g/mol. The number of hydrogen-bond donors (Lipinski definition) is 1. The van der Waals surface area contributed by atoms with Crippen molar-refractivity contribution in [2.75, 3.05) is 31.1 Å². The third-order valence-electron chi connectivity index (χ3n) is 3.31. The molecule has 20 heavy (non-hydrogen) atoms. The van der Waals surface area contributed by atoms with Gasteiger partial charge in [-0.25, -0.2) is 9.97 Å². The molecule has 0 saturated carbocycles. The second-order valence-corrected chi connectivity index (χ2v) is 4.90. The first-order valence-corrected chi connectivity index (χ1v) is 6.72. The van der Waals surface area contributed by atoms with Crippen LogP contribution in [0.15, 0.2) is 29.7 Å². The molecular weight excluding hydrogens is 272 g/mol. The summed E-state index contributed by atoms with van der Waals surface area (Å²) in [5, 5.41) is 9.10. The first-order chi connectivity index (χ1) is 9.63. The van der Waals surface area contributed by atoms with E-state index in [2.05, 4.69) is 25.8 Å². The van der Waals surface area contributed by atoms with E-state index in [4.69, 9.17) is 23.2 Å². The van der Waals surface area contributed by atoms with Gasteiger partial charge in [0.15, 0.2) is 0 Å². The summed E-state index contributed by atoms with van der Waals surface area (Å²) in [5.74, 6) is 0.739. The molecule has 0 amide bonds. The topological polar surface area (TPSA) is 82.1 Å². The molecule has 1 aromatic heterocycles. The Morgan fingerprint density at radius 2 is 1.90 bits per heavy atom. The number of rotatable bonds is 3. The molecule has 0 spiro atoms. The summed E-state index contributed by atoms with van der Waals surface area (Å²) in [5.41, 5.74) is 6.80. The molecule has 1 fully saturated rings. The van der Waals surface area contributed by atoms with Gasteiger partial charge in [0, 0.05) is 44.3 Å². The van der Waals surface area contributed by atoms with Crippen molar-refractivity contribution in [3.63, 3.8) is 0 Å². The second kappa shape index (κ2) is 6.30. The van der Waals surface area contributed by atoms with Crippen molar-refractivity contribution in [3.05, 3.63) is 29.7 Å². The molecule has 0 atom stereocenters. The fourth-order valence-electron chi connectivity index (χ4n) is 2.17. The van der Waals surface area contributed by atoms with E-state index in [1.165, 1.54) is 0 Å². The largest absolute Gasteiger partial charge is 0.389 e. The molecule has 0 bridgehead atoms. The van der Waals surface area contributed by atoms with Crippen LogP contribution in [-0.4, -0.2) is 46.0 Å². The Hall–Kier alpha value is -2.20. The summed E-state index contributed by atoms with van der Waals surface area (Å²) >= 11 is 4.90. The lowest BCUT2D eigenvalue weighted by Crippen LogP contribution is -2.46. The van der Waals surface area contributed by atoms with Gasteiger partial charge in [0.05, 0.1) is 0 Å². The molecule has 6 nitrogen and oxygen atoms in total. The summed E-state index contributed by atoms with van der Waals surface area (Å²) < 4.78 is 0. The average molecular weight is 288 g/mol. The van der Waals surface area contributed by atoms with Gasteiger partial charge in [-0.15, -0.1) is 0 Å². The Morgan fingerprint density at radius 1 is 1.30 bits per heavy atom. The maximum atomic E-state index is 9.10. The van der Waals surface area contributed by atoms with Gasteiger partial charge in [-0.2, -0.15) is 5.26 Å². The number of aromatic nitrogens is 2. The first-order valence-electron chi connectivity index (χ1n) is 6.31. The lowest BCUT2D eigenvalue weighted by molar-refractivity contribution is 0.319. The van der Waals surface area contributed by atoms with Gasteiger partial charge < -0.3 is 15.5 Å². The van der Waals surface area contributed by atoms with Crippen molar-refractivity contribution < 1.29 is 0 Å². The van der Waals surface area contributed by atoms with Crippen molar-refractivity contribution >= 4 is 23.2 Å². The molecule has 1 aliphatic heterocycles. The maximum Gasteiger partial charge on any atom is 0.225 e. The minimum absolute atomic E-state index is 0.152. The van der Waals surface area contributed by atoms with Crippen LogP contribution in [0.4, 0.5) is 5.95 Å². The maximum absolute atomic E-state index is 9.10. The molecule has 104 valence electrons. The quantitative estimate of drug-likeness (QED) is 0.497. The minimum atomic E-state index is 0.152. The Bertz CT molecular complexity index is 554. The molecule has 0 aliphatic carbocycles. The van der Waals surface area contributed by atoms with Crippen LogP contribution in [0.5, 0.6) is 0 Å². The third kappa shape index (κ3) is 3.03. The van der Waals surface area contributed by atoms with E-state index in [9.17, 15) is 0 Å². The Kier molecular flexibility index (Phi) is 4.48. The van der Waals surface area contributed by atoms with Gasteiger partial charge >= 0.3 is 0 Å². The lowest BCUT2D eigenvalue weighted by atomic mass is 10.2. The fraction of sp³-hybridized carbons (Fsp3) is 0.385. The van der Waals surface area contributed by atoms with Gasteiger partial charge in [-0.3, -0.25) is 0 Å². The minimum Gasteiger partial charge on any atom is -0.389 e. The lowest BCUT2D eigenvalue weighted by Gasteiger charge is -2.36. The molecule has 1 aliphatic rings. The van der Waals surface area contributed by atoms with Crippen molar-refractivity contribution in [2.45, 2.75) is 6.92 Å². The highest BCUT2D eigenvalue weighted by atomic mass is 32.1. The van der Waals surface area contributed by atoms with Crippen LogP contribution in [-0.2, 0) is 0 Å². The number of anilines is 1. The molecule has 7 heteroatoms. The number of piperazine rings is 1. The fourth-order valence-corrected chi connectivity index (χ4v) is 2.36. The van der Waals surface area contributed by atoms with E-state index in [1.807, 2.05) is 6.92 Å². The van der Waals surface area contributed by atoms with Gasteiger partial charge in [-0.05, 0) is 13.0 Å². The standard InChI is InChI=1S/C13H16N6S/c1-10(11(9-14)12(15)20)18-5-7-19(8-6-18)13-16-3-2-4-17-13/h2-4H,5-8H2,1H3,(H2,15,20)/b11-10+. The Balaban J connectivity index is 2.05. The second-order valence-electron chi connectivity index (χ2n) is 4.46. The number of thiocarbonyl (C=S) groups is 1. The van der Waals surface area contributed by atoms with Crippen molar-refractivity contribution in [2.24, 2.45) is 5.73 Å². The molecule has 2 rings (SSSR count). The van der Waals surface area contributed by atoms with Crippen molar-refractivity contribution in [1.29, 1.82) is 5.26 Å². The zero-order valence-corrected chi connectivity index (χ0v) is 12.1. The predicted molar refractivity (Wildman–Crippen MR) is 80.9 cm³/mol. The highest BCUT2D eigenvalue weighted by Gasteiger charge is 2.21. The van der Waals surface area contributed by atoms with Crippen LogP contribution in [0.1, 0.15) is 6.92 Å². The number of nitriles is 1. The molecule has 0 unspecified atom stereocenters. The summed E-state index contributed by atoms with van der Waals surface area (Å²) in [6.45, 7) is 5.07. The highest BCUT2D eigenvalue weighted by Crippen LogP contribution is 2.15. The van der Waals surface area contributed by atoms with Crippen LogP contribution < -0.4 is 10.6 Å². The van der Waals surface area contributed by atoms with Crippen molar-refractivity contribution in [3.8, 4) is 6.07 Å². The van der Waals surface area contributed by atoms with E-state index in [0.29, 0.717) is 5.57 Å². The molecule has 1 aromatic rings. The SMILES string of the molecule is C/C(=C(/C#N)C(N)=S)N1CCN(c2ncccn2)CC1.